The Morgan fingerprint density at radius 2 is 1.81 bits per heavy atom. The quantitative estimate of drug-likeness (QED) is 0.466. The van der Waals surface area contributed by atoms with E-state index in [2.05, 4.69) is 20.2 Å². The molecule has 11 heteroatoms. The summed E-state index contributed by atoms with van der Waals surface area (Å²) in [6.07, 6.45) is 0.520. The lowest BCUT2D eigenvalue weighted by Crippen LogP contribution is -2.26. The molecule has 0 aliphatic carbocycles. The van der Waals surface area contributed by atoms with Gasteiger partial charge < -0.3 is 5.32 Å². The molecule has 0 atom stereocenters. The Bertz CT molecular complexity index is 1180. The minimum atomic E-state index is -3.76. The van der Waals surface area contributed by atoms with Crippen molar-refractivity contribution in [2.24, 2.45) is 0 Å². The van der Waals surface area contributed by atoms with E-state index >= 15 is 0 Å². The van der Waals surface area contributed by atoms with Crippen molar-refractivity contribution in [3.63, 3.8) is 0 Å². The monoisotopic (exact) mass is 498 g/mol. The molecule has 7 nitrogen and oxygen atoms in total. The van der Waals surface area contributed by atoms with Crippen molar-refractivity contribution >= 4 is 55.6 Å². The molecule has 0 bridgehead atoms. The molecule has 3 aromatic rings. The molecular formula is C20H20Cl2N4O3S2. The Balaban J connectivity index is 1.58. The third-order valence-electron chi connectivity index (χ3n) is 4.26. The van der Waals surface area contributed by atoms with Crippen LogP contribution in [0.4, 0.5) is 5.13 Å². The summed E-state index contributed by atoms with van der Waals surface area (Å²) in [6, 6.07) is 11.1. The van der Waals surface area contributed by atoms with Gasteiger partial charge in [0.05, 0.1) is 15.5 Å². The Labute approximate surface area is 194 Å². The van der Waals surface area contributed by atoms with E-state index in [1.54, 1.807) is 24.3 Å². The molecule has 0 aliphatic rings. The molecule has 2 N–H and O–H groups in total. The first kappa shape index (κ1) is 23.5. The van der Waals surface area contributed by atoms with Gasteiger partial charge in [0.15, 0.2) is 0 Å². The summed E-state index contributed by atoms with van der Waals surface area (Å²) < 4.78 is 27.6. The number of hydrogen-bond donors (Lipinski definition) is 2. The SMILES string of the molecule is CC(C)c1nnc(NS(=O)(=O)c2ccc(CCNC(=O)c3cc(Cl)ccc3Cl)cc2)s1. The summed E-state index contributed by atoms with van der Waals surface area (Å²) in [7, 11) is -3.76. The Hall–Kier alpha value is -2.20. The highest BCUT2D eigenvalue weighted by molar-refractivity contribution is 7.93. The number of sulfonamides is 1. The molecule has 0 saturated carbocycles. The fraction of sp³-hybridized carbons (Fsp3) is 0.250. The van der Waals surface area contributed by atoms with E-state index in [-0.39, 0.29) is 21.9 Å². The van der Waals surface area contributed by atoms with Crippen molar-refractivity contribution in [2.45, 2.75) is 31.1 Å². The van der Waals surface area contributed by atoms with Crippen molar-refractivity contribution in [2.75, 3.05) is 11.3 Å². The zero-order chi connectivity index (χ0) is 22.6. The fourth-order valence-electron chi connectivity index (χ4n) is 2.61. The standard InChI is InChI=1S/C20H20Cl2N4O3S2/c1-12(2)19-24-25-20(30-19)26-31(28,29)15-6-3-13(4-7-15)9-10-23-18(27)16-11-14(21)5-8-17(16)22/h3-8,11-12H,9-10H2,1-2H3,(H,23,27)(H,25,26). The van der Waals surface area contributed by atoms with Gasteiger partial charge in [-0.1, -0.05) is 60.5 Å². The van der Waals surface area contributed by atoms with Crippen LogP contribution in [0.1, 0.15) is 40.7 Å². The lowest BCUT2D eigenvalue weighted by atomic mass is 10.1. The van der Waals surface area contributed by atoms with E-state index in [0.29, 0.717) is 28.6 Å². The summed E-state index contributed by atoms with van der Waals surface area (Å²) in [5, 5.41) is 12.4. The summed E-state index contributed by atoms with van der Waals surface area (Å²) in [6.45, 7) is 4.28. The molecule has 0 aliphatic heterocycles. The van der Waals surface area contributed by atoms with Gasteiger partial charge in [-0.25, -0.2) is 8.42 Å². The van der Waals surface area contributed by atoms with Crippen molar-refractivity contribution < 1.29 is 13.2 Å². The first-order chi connectivity index (χ1) is 14.7. The summed E-state index contributed by atoms with van der Waals surface area (Å²) in [5.41, 5.74) is 1.17. The normalized spacial score (nSPS) is 11.5. The zero-order valence-corrected chi connectivity index (χ0v) is 19.9. The number of nitrogens with zero attached hydrogens (tertiary/aromatic N) is 2. The highest BCUT2D eigenvalue weighted by Gasteiger charge is 2.18. The van der Waals surface area contributed by atoms with Gasteiger partial charge in [-0.2, -0.15) is 0 Å². The van der Waals surface area contributed by atoms with Crippen LogP contribution in [0.5, 0.6) is 0 Å². The van der Waals surface area contributed by atoms with Crippen LogP contribution in [0, 0.1) is 0 Å². The highest BCUT2D eigenvalue weighted by Crippen LogP contribution is 2.25. The van der Waals surface area contributed by atoms with Crippen LogP contribution in [-0.4, -0.2) is 31.1 Å². The third-order valence-corrected chi connectivity index (χ3v) is 7.45. The predicted molar refractivity (Wildman–Crippen MR) is 124 cm³/mol. The minimum Gasteiger partial charge on any atom is -0.352 e. The summed E-state index contributed by atoms with van der Waals surface area (Å²) in [4.78, 5) is 12.4. The molecule has 164 valence electrons. The van der Waals surface area contributed by atoms with Gasteiger partial charge in [-0.3, -0.25) is 9.52 Å². The molecular weight excluding hydrogens is 479 g/mol. The molecule has 0 saturated heterocycles. The van der Waals surface area contributed by atoms with Crippen LogP contribution in [-0.2, 0) is 16.4 Å². The molecule has 1 amide bonds. The number of carbonyl (C=O) groups is 1. The molecule has 0 unspecified atom stereocenters. The van der Waals surface area contributed by atoms with Gasteiger partial charge >= 0.3 is 0 Å². The Morgan fingerprint density at radius 3 is 2.45 bits per heavy atom. The lowest BCUT2D eigenvalue weighted by Gasteiger charge is -2.08. The lowest BCUT2D eigenvalue weighted by molar-refractivity contribution is 0.0954. The zero-order valence-electron chi connectivity index (χ0n) is 16.7. The van der Waals surface area contributed by atoms with E-state index in [1.165, 1.54) is 29.5 Å². The third kappa shape index (κ3) is 6.16. The number of anilines is 1. The maximum Gasteiger partial charge on any atom is 0.263 e. The largest absolute Gasteiger partial charge is 0.352 e. The first-order valence-corrected chi connectivity index (χ1v) is 12.4. The molecule has 1 aromatic heterocycles. The molecule has 2 aromatic carbocycles. The van der Waals surface area contributed by atoms with Crippen LogP contribution in [0.15, 0.2) is 47.4 Å². The first-order valence-electron chi connectivity index (χ1n) is 9.34. The summed E-state index contributed by atoms with van der Waals surface area (Å²) >= 11 is 13.1. The predicted octanol–water partition coefficient (Wildman–Crippen LogP) is 4.74. The van der Waals surface area contributed by atoms with E-state index in [1.807, 2.05) is 13.8 Å². The average Bonchev–Trinajstić information content (AvgIpc) is 3.18. The number of carbonyl (C=O) groups excluding carboxylic acids is 1. The van der Waals surface area contributed by atoms with Crippen molar-refractivity contribution in [1.29, 1.82) is 0 Å². The van der Waals surface area contributed by atoms with Crippen LogP contribution in [0.25, 0.3) is 0 Å². The molecule has 1 heterocycles. The number of halogens is 2. The van der Waals surface area contributed by atoms with E-state index in [4.69, 9.17) is 23.2 Å². The minimum absolute atomic E-state index is 0.118. The number of amides is 1. The molecule has 0 fully saturated rings. The van der Waals surface area contributed by atoms with E-state index in [9.17, 15) is 13.2 Å². The maximum absolute atomic E-state index is 12.6. The average molecular weight is 499 g/mol. The van der Waals surface area contributed by atoms with Crippen molar-refractivity contribution in [1.82, 2.24) is 15.5 Å². The number of benzene rings is 2. The van der Waals surface area contributed by atoms with Gasteiger partial charge in [-0.15, -0.1) is 10.2 Å². The van der Waals surface area contributed by atoms with Crippen LogP contribution >= 0.6 is 34.5 Å². The van der Waals surface area contributed by atoms with Gasteiger partial charge in [0.2, 0.25) is 5.13 Å². The van der Waals surface area contributed by atoms with Gasteiger partial charge in [-0.05, 0) is 42.3 Å². The highest BCUT2D eigenvalue weighted by atomic mass is 35.5. The second-order valence-electron chi connectivity index (χ2n) is 6.98. The molecule has 3 rings (SSSR count). The Kier molecular flexibility index (Phi) is 7.53. The maximum atomic E-state index is 12.6. The van der Waals surface area contributed by atoms with Crippen molar-refractivity contribution in [3.8, 4) is 0 Å². The molecule has 0 radical (unpaired) electrons. The van der Waals surface area contributed by atoms with Gasteiger partial charge in [0.25, 0.3) is 15.9 Å². The number of rotatable bonds is 8. The van der Waals surface area contributed by atoms with E-state index < -0.39 is 10.0 Å². The Morgan fingerprint density at radius 1 is 1.10 bits per heavy atom. The number of hydrogen-bond acceptors (Lipinski definition) is 6. The van der Waals surface area contributed by atoms with E-state index in [0.717, 1.165) is 10.6 Å². The van der Waals surface area contributed by atoms with Crippen molar-refractivity contribution in [3.05, 3.63) is 68.6 Å². The second kappa shape index (κ2) is 9.95. The number of nitrogens with one attached hydrogen (secondary N) is 2. The van der Waals surface area contributed by atoms with Gasteiger partial charge in [0.1, 0.15) is 5.01 Å². The number of aromatic nitrogens is 2. The second-order valence-corrected chi connectivity index (χ2v) is 10.5. The van der Waals surface area contributed by atoms with Gasteiger partial charge in [0, 0.05) is 17.5 Å². The molecule has 0 spiro atoms. The fourth-order valence-corrected chi connectivity index (χ4v) is 4.96. The topological polar surface area (TPSA) is 101 Å². The molecule has 31 heavy (non-hydrogen) atoms. The van der Waals surface area contributed by atoms with Crippen LogP contribution in [0.2, 0.25) is 10.0 Å². The van der Waals surface area contributed by atoms with Crippen LogP contribution in [0.3, 0.4) is 0 Å². The summed E-state index contributed by atoms with van der Waals surface area (Å²) in [5.74, 6) is -0.154. The van der Waals surface area contributed by atoms with Crippen LogP contribution < -0.4 is 10.0 Å². The smallest absolute Gasteiger partial charge is 0.263 e.